The molecule has 0 spiro atoms. The Balaban J connectivity index is 3.05. The van der Waals surface area contributed by atoms with Crippen LogP contribution < -0.4 is 0 Å². The van der Waals surface area contributed by atoms with Crippen LogP contribution >= 0.6 is 0 Å². The second-order valence-electron chi connectivity index (χ2n) is 5.51. The van der Waals surface area contributed by atoms with E-state index in [1.54, 1.807) is 6.07 Å². The number of benzene rings is 1. The molecule has 0 saturated carbocycles. The molecule has 1 atom stereocenters. The fourth-order valence-corrected chi connectivity index (χ4v) is 2.68. The molecule has 0 radical (unpaired) electrons. The molecule has 0 heterocycles. The van der Waals surface area contributed by atoms with Gasteiger partial charge in [-0.05, 0) is 47.9 Å². The Labute approximate surface area is 104 Å². The van der Waals surface area contributed by atoms with Crippen LogP contribution in [-0.4, -0.2) is 5.11 Å². The lowest BCUT2D eigenvalue weighted by molar-refractivity contribution is 0.0520. The van der Waals surface area contributed by atoms with Gasteiger partial charge in [-0.3, -0.25) is 0 Å². The van der Waals surface area contributed by atoms with E-state index in [0.29, 0.717) is 11.8 Å². The van der Waals surface area contributed by atoms with Gasteiger partial charge in [0.05, 0.1) is 6.10 Å². The average Bonchev–Trinajstić information content (AvgIpc) is 2.15. The quantitative estimate of drug-likeness (QED) is 0.837. The maximum absolute atomic E-state index is 13.0. The summed E-state index contributed by atoms with van der Waals surface area (Å²) in [6.45, 7) is 10.3. The smallest absolute Gasteiger partial charge is 0.123 e. The molecular formula is C15H23FO. The molecular weight excluding hydrogens is 215 g/mol. The third-order valence-electron chi connectivity index (χ3n) is 3.45. The summed E-state index contributed by atoms with van der Waals surface area (Å²) < 4.78 is 13.0. The summed E-state index contributed by atoms with van der Waals surface area (Å²) in [5, 5.41) is 10.5. The van der Waals surface area contributed by atoms with Crippen LogP contribution in [0.15, 0.2) is 18.2 Å². The van der Waals surface area contributed by atoms with E-state index in [4.69, 9.17) is 0 Å². The second-order valence-corrected chi connectivity index (χ2v) is 5.51. The number of aryl methyl sites for hydroxylation is 1. The number of hydrogen-bond donors (Lipinski definition) is 1. The first kappa shape index (κ1) is 14.2. The van der Waals surface area contributed by atoms with Crippen LogP contribution in [0.5, 0.6) is 0 Å². The summed E-state index contributed by atoms with van der Waals surface area (Å²) in [5.41, 5.74) is 1.67. The monoisotopic (exact) mass is 238 g/mol. The molecule has 0 saturated heterocycles. The number of aliphatic hydroxyl groups excluding tert-OH is 1. The number of aliphatic hydroxyl groups is 1. The van der Waals surface area contributed by atoms with Gasteiger partial charge in [-0.25, -0.2) is 4.39 Å². The van der Waals surface area contributed by atoms with E-state index in [1.165, 1.54) is 12.1 Å². The topological polar surface area (TPSA) is 20.2 Å². The van der Waals surface area contributed by atoms with Gasteiger partial charge in [-0.15, -0.1) is 0 Å². The zero-order chi connectivity index (χ0) is 13.2. The van der Waals surface area contributed by atoms with Crippen molar-refractivity contribution in [2.75, 3.05) is 0 Å². The molecule has 1 rings (SSSR count). The van der Waals surface area contributed by atoms with Crippen LogP contribution in [-0.2, 0) is 0 Å². The van der Waals surface area contributed by atoms with Gasteiger partial charge in [0.15, 0.2) is 0 Å². The third-order valence-corrected chi connectivity index (χ3v) is 3.45. The molecule has 1 aromatic carbocycles. The van der Waals surface area contributed by atoms with E-state index in [1.807, 2.05) is 6.92 Å². The molecule has 1 aromatic rings. The Kier molecular flexibility index (Phi) is 4.70. The van der Waals surface area contributed by atoms with Gasteiger partial charge >= 0.3 is 0 Å². The van der Waals surface area contributed by atoms with E-state index in [9.17, 15) is 9.50 Å². The lowest BCUT2D eigenvalue weighted by atomic mass is 9.78. The molecule has 1 N–H and O–H groups in total. The van der Waals surface area contributed by atoms with Crippen molar-refractivity contribution in [3.8, 4) is 0 Å². The highest BCUT2D eigenvalue weighted by molar-refractivity contribution is 5.29. The molecule has 0 bridgehead atoms. The molecule has 0 aliphatic heterocycles. The maximum atomic E-state index is 13.0. The predicted octanol–water partition coefficient (Wildman–Crippen LogP) is 4.10. The fourth-order valence-electron chi connectivity index (χ4n) is 2.68. The van der Waals surface area contributed by atoms with Gasteiger partial charge in [0, 0.05) is 0 Å². The SMILES string of the molecule is Cc1cc(F)ccc1C(O)C(C(C)C)C(C)C. The van der Waals surface area contributed by atoms with E-state index in [-0.39, 0.29) is 11.7 Å². The van der Waals surface area contributed by atoms with Gasteiger partial charge in [0.25, 0.3) is 0 Å². The van der Waals surface area contributed by atoms with Crippen molar-refractivity contribution in [1.82, 2.24) is 0 Å². The molecule has 17 heavy (non-hydrogen) atoms. The third kappa shape index (κ3) is 3.29. The normalized spacial score (nSPS) is 13.8. The van der Waals surface area contributed by atoms with Crippen molar-refractivity contribution in [2.24, 2.45) is 17.8 Å². The zero-order valence-electron chi connectivity index (χ0n) is 11.4. The van der Waals surface area contributed by atoms with Crippen molar-refractivity contribution >= 4 is 0 Å². The molecule has 0 aromatic heterocycles. The predicted molar refractivity (Wildman–Crippen MR) is 69.3 cm³/mol. The summed E-state index contributed by atoms with van der Waals surface area (Å²) in [7, 11) is 0. The number of rotatable bonds is 4. The fraction of sp³-hybridized carbons (Fsp3) is 0.600. The van der Waals surface area contributed by atoms with Crippen molar-refractivity contribution in [2.45, 2.75) is 40.7 Å². The zero-order valence-corrected chi connectivity index (χ0v) is 11.4. The summed E-state index contributed by atoms with van der Waals surface area (Å²) in [5.74, 6) is 0.743. The van der Waals surface area contributed by atoms with Gasteiger partial charge in [-0.2, -0.15) is 0 Å². The highest BCUT2D eigenvalue weighted by Crippen LogP contribution is 2.35. The van der Waals surface area contributed by atoms with Crippen LogP contribution in [0.4, 0.5) is 4.39 Å². The molecule has 96 valence electrons. The highest BCUT2D eigenvalue weighted by Gasteiger charge is 2.27. The van der Waals surface area contributed by atoms with E-state index < -0.39 is 6.10 Å². The first-order valence-corrected chi connectivity index (χ1v) is 6.28. The first-order chi connectivity index (χ1) is 7.84. The summed E-state index contributed by atoms with van der Waals surface area (Å²) >= 11 is 0. The van der Waals surface area contributed by atoms with Gasteiger partial charge in [0.2, 0.25) is 0 Å². The molecule has 0 fully saturated rings. The van der Waals surface area contributed by atoms with Crippen LogP contribution in [0.1, 0.15) is 44.9 Å². The molecule has 2 heteroatoms. The Bertz CT molecular complexity index is 363. The lowest BCUT2D eigenvalue weighted by Crippen LogP contribution is -2.24. The molecule has 0 aliphatic rings. The Hall–Kier alpha value is -0.890. The van der Waals surface area contributed by atoms with Crippen LogP contribution in [0, 0.1) is 30.5 Å². The van der Waals surface area contributed by atoms with Crippen molar-refractivity contribution < 1.29 is 9.50 Å². The van der Waals surface area contributed by atoms with Crippen molar-refractivity contribution in [1.29, 1.82) is 0 Å². The molecule has 1 nitrogen and oxygen atoms in total. The van der Waals surface area contributed by atoms with Crippen LogP contribution in [0.2, 0.25) is 0 Å². The number of halogens is 1. The first-order valence-electron chi connectivity index (χ1n) is 6.28. The van der Waals surface area contributed by atoms with E-state index in [2.05, 4.69) is 27.7 Å². The van der Waals surface area contributed by atoms with Gasteiger partial charge < -0.3 is 5.11 Å². The van der Waals surface area contributed by atoms with Crippen molar-refractivity contribution in [3.63, 3.8) is 0 Å². The van der Waals surface area contributed by atoms with E-state index in [0.717, 1.165) is 11.1 Å². The Morgan fingerprint density at radius 3 is 2.00 bits per heavy atom. The minimum atomic E-state index is -0.518. The largest absolute Gasteiger partial charge is 0.388 e. The molecule has 1 unspecified atom stereocenters. The van der Waals surface area contributed by atoms with Crippen LogP contribution in [0.3, 0.4) is 0 Å². The van der Waals surface area contributed by atoms with Gasteiger partial charge in [-0.1, -0.05) is 33.8 Å². The standard InChI is InChI=1S/C15H23FO/c1-9(2)14(10(3)4)15(17)13-7-6-12(16)8-11(13)5/h6-10,14-15,17H,1-5H3. The minimum absolute atomic E-state index is 0.194. The Morgan fingerprint density at radius 2 is 1.59 bits per heavy atom. The van der Waals surface area contributed by atoms with E-state index >= 15 is 0 Å². The number of hydrogen-bond acceptors (Lipinski definition) is 1. The van der Waals surface area contributed by atoms with Crippen LogP contribution in [0.25, 0.3) is 0 Å². The van der Waals surface area contributed by atoms with Gasteiger partial charge in [0.1, 0.15) is 5.82 Å². The second kappa shape index (κ2) is 5.63. The highest BCUT2D eigenvalue weighted by atomic mass is 19.1. The summed E-state index contributed by atoms with van der Waals surface area (Å²) in [6.07, 6.45) is -0.518. The molecule has 0 aliphatic carbocycles. The van der Waals surface area contributed by atoms with Crippen molar-refractivity contribution in [3.05, 3.63) is 35.1 Å². The molecule has 0 amide bonds. The average molecular weight is 238 g/mol. The lowest BCUT2D eigenvalue weighted by Gasteiger charge is -2.31. The summed E-state index contributed by atoms with van der Waals surface area (Å²) in [4.78, 5) is 0. The summed E-state index contributed by atoms with van der Waals surface area (Å²) in [6, 6.07) is 4.60. The maximum Gasteiger partial charge on any atom is 0.123 e. The minimum Gasteiger partial charge on any atom is -0.388 e. The Morgan fingerprint density at radius 1 is 1.06 bits per heavy atom.